The van der Waals surface area contributed by atoms with Gasteiger partial charge in [-0.3, -0.25) is 4.79 Å². The van der Waals surface area contributed by atoms with Crippen molar-refractivity contribution in [2.45, 2.75) is 44.9 Å². The predicted molar refractivity (Wildman–Crippen MR) is 94.0 cm³/mol. The molecule has 0 saturated heterocycles. The molecule has 0 radical (unpaired) electrons. The van der Waals surface area contributed by atoms with Crippen molar-refractivity contribution < 1.29 is 14.3 Å². The lowest BCUT2D eigenvalue weighted by Gasteiger charge is -2.13. The predicted octanol–water partition coefficient (Wildman–Crippen LogP) is 3.03. The van der Waals surface area contributed by atoms with Gasteiger partial charge in [-0.1, -0.05) is 12.8 Å². The lowest BCUT2D eigenvalue weighted by molar-refractivity contribution is -0.123. The maximum atomic E-state index is 12.1. The number of rotatable bonds is 3. The van der Waals surface area contributed by atoms with E-state index < -0.39 is 0 Å². The van der Waals surface area contributed by atoms with Crippen molar-refractivity contribution in [1.29, 1.82) is 0 Å². The molecule has 3 rings (SSSR count). The van der Waals surface area contributed by atoms with Crippen LogP contribution in [-0.2, 0) is 22.4 Å². The zero-order valence-corrected chi connectivity index (χ0v) is 14.7. The van der Waals surface area contributed by atoms with E-state index in [-0.39, 0.29) is 22.9 Å². The molecule has 2 N–H and O–H groups in total. The minimum Gasteiger partial charge on any atom is -0.465 e. The van der Waals surface area contributed by atoms with Crippen LogP contribution in [0.25, 0.3) is 0 Å². The Morgan fingerprint density at radius 2 is 1.96 bits per heavy atom. The summed E-state index contributed by atoms with van der Waals surface area (Å²) >= 11 is 6.78. The van der Waals surface area contributed by atoms with Crippen molar-refractivity contribution in [2.75, 3.05) is 12.4 Å². The minimum absolute atomic E-state index is 0.0243. The van der Waals surface area contributed by atoms with E-state index in [2.05, 4.69) is 10.6 Å². The number of aryl methyl sites for hydroxylation is 1. The summed E-state index contributed by atoms with van der Waals surface area (Å²) in [6.45, 7) is 0. The topological polar surface area (TPSA) is 67.4 Å². The third-order valence-corrected chi connectivity index (χ3v) is 5.91. The van der Waals surface area contributed by atoms with Crippen LogP contribution in [-0.4, -0.2) is 24.1 Å². The highest BCUT2D eigenvalue weighted by atomic mass is 32.1. The van der Waals surface area contributed by atoms with E-state index in [0.717, 1.165) is 50.5 Å². The minimum atomic E-state index is -0.350. The molecule has 0 bridgehead atoms. The fourth-order valence-corrected chi connectivity index (χ4v) is 4.90. The summed E-state index contributed by atoms with van der Waals surface area (Å²) in [6.07, 6.45) is 6.98. The first-order valence-corrected chi connectivity index (χ1v) is 9.17. The maximum absolute atomic E-state index is 12.1. The number of esters is 1. The number of carbonyl (C=O) groups excluding carboxylic acids is 2. The molecule has 1 fully saturated rings. The number of hydrogen-bond donors (Lipinski definition) is 2. The molecule has 1 aromatic rings. The highest BCUT2D eigenvalue weighted by Crippen LogP contribution is 2.39. The molecule has 1 heterocycles. The van der Waals surface area contributed by atoms with Crippen molar-refractivity contribution in [1.82, 2.24) is 5.32 Å². The van der Waals surface area contributed by atoms with Gasteiger partial charge in [0.05, 0.1) is 12.7 Å². The number of carbonyl (C=O) groups is 2. The van der Waals surface area contributed by atoms with Crippen molar-refractivity contribution in [3.05, 3.63) is 16.0 Å². The van der Waals surface area contributed by atoms with Crippen molar-refractivity contribution in [2.24, 2.45) is 5.92 Å². The Morgan fingerprint density at radius 3 is 2.65 bits per heavy atom. The molecule has 2 aliphatic rings. The third kappa shape index (κ3) is 3.40. The van der Waals surface area contributed by atoms with Crippen LogP contribution in [0.15, 0.2) is 0 Å². The number of thiocarbonyl (C=S) groups is 1. The maximum Gasteiger partial charge on any atom is 0.341 e. The Kier molecular flexibility index (Phi) is 4.96. The highest BCUT2D eigenvalue weighted by Gasteiger charge is 2.28. The van der Waals surface area contributed by atoms with Gasteiger partial charge in [0.25, 0.3) is 0 Å². The standard InChI is InChI=1S/C16H20N2O3S2/c1-21-15(20)12-10-7-4-8-11(10)23-14(12)18-16(22)17-13(19)9-5-2-3-6-9/h9H,2-8H2,1H3,(H2,17,18,19,22). The van der Waals surface area contributed by atoms with Crippen LogP contribution >= 0.6 is 23.6 Å². The van der Waals surface area contributed by atoms with Gasteiger partial charge in [-0.2, -0.15) is 0 Å². The number of hydrogen-bond acceptors (Lipinski definition) is 5. The van der Waals surface area contributed by atoms with E-state index >= 15 is 0 Å². The van der Waals surface area contributed by atoms with E-state index in [0.29, 0.717) is 10.6 Å². The number of thiophene rings is 1. The summed E-state index contributed by atoms with van der Waals surface area (Å²) in [6, 6.07) is 0. The molecule has 2 aliphatic carbocycles. The molecule has 124 valence electrons. The van der Waals surface area contributed by atoms with E-state index in [1.807, 2.05) is 0 Å². The van der Waals surface area contributed by atoms with Crippen molar-refractivity contribution in [3.63, 3.8) is 0 Å². The van der Waals surface area contributed by atoms with Gasteiger partial charge in [-0.15, -0.1) is 11.3 Å². The molecule has 1 aromatic heterocycles. The largest absolute Gasteiger partial charge is 0.465 e. The van der Waals surface area contributed by atoms with E-state index in [1.54, 1.807) is 0 Å². The first-order chi connectivity index (χ1) is 11.1. The first-order valence-electron chi connectivity index (χ1n) is 7.95. The zero-order chi connectivity index (χ0) is 16.4. The Morgan fingerprint density at radius 1 is 1.22 bits per heavy atom. The van der Waals surface area contributed by atoms with Crippen LogP contribution in [0.5, 0.6) is 0 Å². The molecule has 0 aliphatic heterocycles. The molecule has 5 nitrogen and oxygen atoms in total. The summed E-state index contributed by atoms with van der Waals surface area (Å²) in [7, 11) is 1.38. The molecule has 0 spiro atoms. The average molecular weight is 352 g/mol. The smallest absolute Gasteiger partial charge is 0.341 e. The number of methoxy groups -OCH3 is 1. The Balaban J connectivity index is 1.71. The van der Waals surface area contributed by atoms with Gasteiger partial charge in [-0.25, -0.2) is 4.79 Å². The summed E-state index contributed by atoms with van der Waals surface area (Å²) in [5.74, 6) is -0.316. The number of anilines is 1. The van der Waals surface area contributed by atoms with Gasteiger partial charge in [0.2, 0.25) is 5.91 Å². The van der Waals surface area contributed by atoms with E-state index in [9.17, 15) is 9.59 Å². The number of nitrogens with one attached hydrogen (secondary N) is 2. The SMILES string of the molecule is COC(=O)c1c(NC(=S)NC(=O)C2CCCC2)sc2c1CCC2. The van der Waals surface area contributed by atoms with Gasteiger partial charge >= 0.3 is 5.97 Å². The van der Waals surface area contributed by atoms with Crippen LogP contribution in [0.4, 0.5) is 5.00 Å². The first kappa shape index (κ1) is 16.4. The monoisotopic (exact) mass is 352 g/mol. The second-order valence-electron chi connectivity index (χ2n) is 5.98. The summed E-state index contributed by atoms with van der Waals surface area (Å²) in [5.41, 5.74) is 1.64. The van der Waals surface area contributed by atoms with Crippen LogP contribution in [0.2, 0.25) is 0 Å². The summed E-state index contributed by atoms with van der Waals surface area (Å²) in [5, 5.41) is 6.72. The zero-order valence-electron chi connectivity index (χ0n) is 13.1. The van der Waals surface area contributed by atoms with Crippen LogP contribution in [0.1, 0.15) is 52.9 Å². The highest BCUT2D eigenvalue weighted by molar-refractivity contribution is 7.80. The van der Waals surface area contributed by atoms with Crippen molar-refractivity contribution >= 4 is 45.5 Å². The van der Waals surface area contributed by atoms with Crippen LogP contribution in [0, 0.1) is 5.92 Å². The second-order valence-corrected chi connectivity index (χ2v) is 7.49. The van der Waals surface area contributed by atoms with Crippen LogP contribution in [0.3, 0.4) is 0 Å². The van der Waals surface area contributed by atoms with Gasteiger partial charge in [0.15, 0.2) is 5.11 Å². The fraction of sp³-hybridized carbons (Fsp3) is 0.562. The molecule has 23 heavy (non-hydrogen) atoms. The molecule has 7 heteroatoms. The van der Waals surface area contributed by atoms with Crippen molar-refractivity contribution in [3.8, 4) is 0 Å². The van der Waals surface area contributed by atoms with Gasteiger partial charge in [0, 0.05) is 10.8 Å². The number of fused-ring (bicyclic) bond motifs is 1. The van der Waals surface area contributed by atoms with E-state index in [1.165, 1.54) is 23.3 Å². The average Bonchev–Trinajstić information content (AvgIpc) is 3.22. The lowest BCUT2D eigenvalue weighted by Crippen LogP contribution is -2.37. The van der Waals surface area contributed by atoms with Crippen LogP contribution < -0.4 is 10.6 Å². The van der Waals surface area contributed by atoms with E-state index in [4.69, 9.17) is 17.0 Å². The molecule has 0 unspecified atom stereocenters. The Hall–Kier alpha value is -1.47. The second kappa shape index (κ2) is 6.97. The van der Waals surface area contributed by atoms with Gasteiger partial charge in [-0.05, 0) is 49.9 Å². The Bertz CT molecular complexity index is 648. The molecular weight excluding hydrogens is 332 g/mol. The fourth-order valence-electron chi connectivity index (χ4n) is 3.35. The molecule has 0 aromatic carbocycles. The molecular formula is C16H20N2O3S2. The number of amides is 1. The Labute approximate surface area is 144 Å². The van der Waals surface area contributed by atoms with Gasteiger partial charge in [0.1, 0.15) is 5.00 Å². The summed E-state index contributed by atoms with van der Waals surface area (Å²) in [4.78, 5) is 25.4. The van der Waals surface area contributed by atoms with Gasteiger partial charge < -0.3 is 15.4 Å². The third-order valence-electron chi connectivity index (χ3n) is 4.50. The molecule has 1 amide bonds. The normalized spacial score (nSPS) is 16.9. The lowest BCUT2D eigenvalue weighted by atomic mass is 10.1. The molecule has 1 saturated carbocycles. The quantitative estimate of drug-likeness (QED) is 0.646. The summed E-state index contributed by atoms with van der Waals surface area (Å²) < 4.78 is 4.90. The molecule has 0 atom stereocenters. The number of ether oxygens (including phenoxy) is 1.